The Balaban J connectivity index is -0.0000000346. The van der Waals surface area contributed by atoms with Gasteiger partial charge in [0, 0.05) is 62.0 Å². The van der Waals surface area contributed by atoms with Crippen LogP contribution in [0, 0.1) is 40.2 Å². The number of nitrogens with one attached hydrogen (secondary N) is 1. The predicted molar refractivity (Wildman–Crippen MR) is 360 cm³/mol. The van der Waals surface area contributed by atoms with Gasteiger partial charge in [-0.1, -0.05) is 199 Å². The first-order valence-electron chi connectivity index (χ1n) is 25.0. The van der Waals surface area contributed by atoms with Gasteiger partial charge >= 0.3 is 105 Å². The van der Waals surface area contributed by atoms with Gasteiger partial charge in [-0.3, -0.25) is 27.6 Å². The van der Waals surface area contributed by atoms with Gasteiger partial charge in [-0.15, -0.1) is 6.54 Å². The van der Waals surface area contributed by atoms with E-state index in [1.807, 2.05) is 30.3 Å². The molecule has 9 rings (SSSR count). The van der Waals surface area contributed by atoms with E-state index in [-0.39, 0.29) is 165 Å². The van der Waals surface area contributed by atoms with Crippen molar-refractivity contribution in [2.75, 3.05) is 13.1 Å². The maximum absolute atomic E-state index is 7.57. The van der Waals surface area contributed by atoms with Gasteiger partial charge in [-0.25, -0.2) is 16.4 Å². The molecular weight excluding hydrogens is 1890 g/mol. The van der Waals surface area contributed by atoms with E-state index in [0.717, 1.165) is 24.9 Å². The van der Waals surface area contributed by atoms with Crippen molar-refractivity contribution in [1.29, 1.82) is 0 Å². The zero-order chi connectivity index (χ0) is 53.1. The Morgan fingerprint density at radius 3 is 0.690 bits per heavy atom. The molecule has 0 unspecified atom stereocenters. The normalized spacial score (nSPS) is 11.0. The summed E-state index contributed by atoms with van der Waals surface area (Å²) in [5, 5.41) is 14.6. The van der Waals surface area contributed by atoms with Crippen LogP contribution in [0.3, 0.4) is 0 Å². The minimum absolute atomic E-state index is 0. The van der Waals surface area contributed by atoms with Crippen LogP contribution in [0.5, 0.6) is 0 Å². The van der Waals surface area contributed by atoms with Gasteiger partial charge in [0.05, 0.1) is 0 Å². The van der Waals surface area contributed by atoms with Gasteiger partial charge < -0.3 is 86.0 Å². The Kier molecular flexibility index (Phi) is 231. The minimum atomic E-state index is 0. The number of allylic oxidation sites excluding steroid dienone is 7. The molecule has 0 bridgehead atoms. The molecule has 3 fully saturated rings. The summed E-state index contributed by atoms with van der Waals surface area (Å²) in [6.45, 7) is 35.4. The summed E-state index contributed by atoms with van der Waals surface area (Å²) in [6.07, 6.45) is 66.9. The maximum Gasteiger partial charge on any atom is 2.00 e. The van der Waals surface area contributed by atoms with Crippen molar-refractivity contribution in [3.63, 3.8) is 0 Å². The van der Waals surface area contributed by atoms with Crippen LogP contribution in [0.15, 0.2) is 163 Å². The molecule has 0 saturated heterocycles. The Bertz CT molecular complexity index is 1240. The Hall–Kier alpha value is -2.76. The van der Waals surface area contributed by atoms with Gasteiger partial charge in [-0.05, 0) is 68.9 Å². The second kappa shape index (κ2) is 149. The molecule has 3 saturated carbocycles. The molecule has 1 N–H and O–H groups in total. The number of aromatic nitrogens is 7. The van der Waals surface area contributed by atoms with Crippen molar-refractivity contribution in [2.45, 2.75) is 214 Å². The summed E-state index contributed by atoms with van der Waals surface area (Å²) in [6, 6.07) is 11.1. The number of pyridine rings is 1. The zero-order valence-corrected chi connectivity index (χ0v) is 60.0. The van der Waals surface area contributed by atoms with E-state index < -0.39 is 0 Å². The molecule has 5 aliphatic carbocycles. The molecule has 0 spiro atoms. The fourth-order valence-corrected chi connectivity index (χ4v) is 5.26. The largest absolute Gasteiger partial charge is 2.00 e. The minimum Gasteiger partial charge on any atom is -0.911 e. The summed E-state index contributed by atoms with van der Waals surface area (Å²) in [7, 11) is 0. The van der Waals surface area contributed by atoms with Gasteiger partial charge in [0.15, 0.2) is 0 Å². The number of rotatable bonds is 5. The summed E-state index contributed by atoms with van der Waals surface area (Å²) in [4.78, 5) is 24.6. The Morgan fingerprint density at radius 2 is 0.619 bits per heavy atom. The number of nitrogens with zero attached hydrogens (tertiary/aromatic N) is 10. The average molecular weight is 2010 g/mol. The van der Waals surface area contributed by atoms with Crippen LogP contribution in [0.1, 0.15) is 214 Å². The molecule has 4 aromatic heterocycles. The van der Waals surface area contributed by atoms with Crippen LogP contribution in [-0.2, 0) is 105 Å². The molecule has 5 aliphatic rings. The van der Waals surface area contributed by atoms with Gasteiger partial charge in [0.1, 0.15) is 6.33 Å². The van der Waals surface area contributed by atoms with Crippen molar-refractivity contribution in [3.8, 4) is 0 Å². The van der Waals surface area contributed by atoms with E-state index in [0.29, 0.717) is 13.1 Å². The molecule has 478 valence electrons. The molecule has 0 aromatic carbocycles. The van der Waals surface area contributed by atoms with E-state index in [1.54, 1.807) is 68.0 Å². The molecule has 16 heteroatoms. The van der Waals surface area contributed by atoms with E-state index in [4.69, 9.17) is 24.3 Å². The second-order valence-corrected chi connectivity index (χ2v) is 14.6. The van der Waals surface area contributed by atoms with E-state index in [1.165, 1.54) is 166 Å². The second-order valence-electron chi connectivity index (χ2n) is 14.6. The fraction of sp³-hybridized carbons (Fsp3) is 0.500. The summed E-state index contributed by atoms with van der Waals surface area (Å²) < 4.78 is 0. The van der Waals surface area contributed by atoms with Crippen LogP contribution in [0.4, 0.5) is 0 Å². The maximum atomic E-state index is 7.57. The number of hydrogen-bond donors (Lipinski definition) is 0. The fourth-order valence-electron chi connectivity index (χ4n) is 5.26. The molecule has 11 nitrogen and oxygen atoms in total. The smallest absolute Gasteiger partial charge is 0.911 e. The first-order chi connectivity index (χ1) is 35.1. The summed E-state index contributed by atoms with van der Waals surface area (Å²) in [5.74, 6) is 0. The summed E-state index contributed by atoms with van der Waals surface area (Å²) in [5.41, 5.74) is 6.39. The van der Waals surface area contributed by atoms with Crippen molar-refractivity contribution < 1.29 is 105 Å². The predicted octanol–water partition coefficient (Wildman–Crippen LogP) is 21.4. The molecule has 0 atom stereocenters. The van der Waals surface area contributed by atoms with E-state index in [2.05, 4.69) is 110 Å². The standard InChI is InChI=1S/2C6H12.C5H5N.C5H10.2C5H8.3C4H4N2.C4H4.C3H5N.C3H3N.C3H7N.C3H3N.8CH4.5W/c3*1-2-4-6-5-3-1;3*1-2-4-5-3-1;1-2-6-4-3-5-1;1-2-5-4-6-3-1;1-2-4-6-5-3-1;3*1-3-4-2;2*1-2-3-4;;;;;;;;;;;;;/h2*1-6H2;1-5H;1-5H2;2*1-2H,3-5H2;3*1-4H;1-4H;2H,1,3H2;1-3H;4H,1-3H2;1-3H;8*1H4;;;;;/q;;;;;;;;;5*-2;;;;;;;;;5*+2. The third-order valence-corrected chi connectivity index (χ3v) is 8.66. The van der Waals surface area contributed by atoms with E-state index >= 15 is 0 Å². The number of hydrogen-bond acceptors (Lipinski definition) is 9. The van der Waals surface area contributed by atoms with E-state index in [9.17, 15) is 0 Å². The molecule has 4 aromatic rings. The number of aliphatic imine (C=N–C) groups is 2. The van der Waals surface area contributed by atoms with Crippen molar-refractivity contribution in [2.24, 2.45) is 9.98 Å². The van der Waals surface area contributed by atoms with Gasteiger partial charge in [0.25, 0.3) is 0 Å². The Morgan fingerprint density at radius 1 is 0.393 bits per heavy atom. The molecular formula is C68H121N11W5. The van der Waals surface area contributed by atoms with Gasteiger partial charge in [0.2, 0.25) is 0 Å². The van der Waals surface area contributed by atoms with Crippen molar-refractivity contribution >= 4 is 19.6 Å². The topological polar surface area (TPSA) is 161 Å². The molecule has 0 aliphatic heterocycles. The molecule has 4 heterocycles. The SMILES string of the molecule is C.C.C.C.C.C.C.C.C1=CCCC1.C1=CCCC1.C1CCCC1.C1CCCCC1.C1CCCCC1.[CH-]=CC=[CH-].[CH-]=CC=[N-].[CH-]=CN=[CH-].[CH-]=NC[CH2-].[CH2-]CC[NH-].[W+2].[W+2].[W+2].[W+2].[W+2].c1ccncc1.c1ccnnc1.c1cnccn1.c1cncnc1. The van der Waals surface area contributed by atoms with Crippen LogP contribution >= 0.6 is 0 Å². The molecule has 84 heavy (non-hydrogen) atoms. The summed E-state index contributed by atoms with van der Waals surface area (Å²) >= 11 is 0. The van der Waals surface area contributed by atoms with Crippen LogP contribution in [0.2, 0.25) is 0 Å². The Labute approximate surface area is 595 Å². The van der Waals surface area contributed by atoms with Crippen molar-refractivity contribution in [3.05, 3.63) is 205 Å². The quantitative estimate of drug-likeness (QED) is 0.0831. The zero-order valence-electron chi connectivity index (χ0n) is 45.3. The monoisotopic (exact) mass is 2010 g/mol. The third kappa shape index (κ3) is 171. The first kappa shape index (κ1) is 131. The molecule has 0 radical (unpaired) electrons. The molecule has 0 amide bonds. The first-order valence-corrected chi connectivity index (χ1v) is 25.0. The van der Waals surface area contributed by atoms with Gasteiger partial charge in [-0.2, -0.15) is 23.5 Å². The average Bonchev–Trinajstić information content (AvgIpc) is 4.37. The van der Waals surface area contributed by atoms with Crippen molar-refractivity contribution in [1.82, 2.24) is 35.1 Å². The van der Waals surface area contributed by atoms with Crippen LogP contribution in [-0.4, -0.2) is 67.9 Å². The third-order valence-electron chi connectivity index (χ3n) is 8.66. The van der Waals surface area contributed by atoms with Crippen LogP contribution < -0.4 is 0 Å². The van der Waals surface area contributed by atoms with Crippen LogP contribution in [0.25, 0.3) is 11.1 Å².